The van der Waals surface area contributed by atoms with Gasteiger partial charge in [-0.15, -0.1) is 11.3 Å². The molecule has 1 aromatic rings. The molecule has 0 bridgehead atoms. The van der Waals surface area contributed by atoms with Crippen molar-refractivity contribution in [2.24, 2.45) is 5.73 Å². The van der Waals surface area contributed by atoms with Gasteiger partial charge in [0.1, 0.15) is 0 Å². The molecule has 0 saturated carbocycles. The topological polar surface area (TPSA) is 29.3 Å². The van der Waals surface area contributed by atoms with Gasteiger partial charge in [0.15, 0.2) is 0 Å². The zero-order valence-electron chi connectivity index (χ0n) is 10.5. The Morgan fingerprint density at radius 2 is 2.31 bits per heavy atom. The average Bonchev–Trinajstić information content (AvgIpc) is 2.77. The van der Waals surface area contributed by atoms with E-state index in [2.05, 4.69) is 31.7 Å². The van der Waals surface area contributed by atoms with Crippen LogP contribution in [0.3, 0.4) is 0 Å². The van der Waals surface area contributed by atoms with Crippen LogP contribution in [0, 0.1) is 13.8 Å². The minimum Gasteiger partial charge on any atom is -0.329 e. The maximum Gasteiger partial charge on any atom is 0.0484 e. The highest BCUT2D eigenvalue weighted by Gasteiger charge is 2.29. The van der Waals surface area contributed by atoms with Crippen LogP contribution in [0.1, 0.15) is 41.1 Å². The van der Waals surface area contributed by atoms with E-state index in [4.69, 9.17) is 5.73 Å². The molecule has 90 valence electrons. The van der Waals surface area contributed by atoms with E-state index in [1.807, 2.05) is 11.3 Å². The van der Waals surface area contributed by atoms with Gasteiger partial charge in [0.25, 0.3) is 0 Å². The van der Waals surface area contributed by atoms with E-state index in [1.165, 1.54) is 34.7 Å². The molecule has 2 unspecified atom stereocenters. The Bertz CT molecular complexity index is 359. The predicted octanol–water partition coefficient (Wildman–Crippen LogP) is 2.85. The SMILES string of the molecule is Cc1cc(C(CN)N2CCCC2C)c(C)s1. The van der Waals surface area contributed by atoms with E-state index < -0.39 is 0 Å². The lowest BCUT2D eigenvalue weighted by molar-refractivity contribution is 0.195. The van der Waals surface area contributed by atoms with E-state index in [1.54, 1.807) is 0 Å². The van der Waals surface area contributed by atoms with Crippen molar-refractivity contribution in [3.05, 3.63) is 21.4 Å². The van der Waals surface area contributed by atoms with Crippen molar-refractivity contribution in [3.63, 3.8) is 0 Å². The largest absolute Gasteiger partial charge is 0.329 e. The quantitative estimate of drug-likeness (QED) is 0.877. The molecule has 2 atom stereocenters. The smallest absolute Gasteiger partial charge is 0.0484 e. The first-order valence-electron chi connectivity index (χ1n) is 6.16. The fourth-order valence-electron chi connectivity index (χ4n) is 2.84. The zero-order chi connectivity index (χ0) is 11.7. The van der Waals surface area contributed by atoms with Crippen LogP contribution in [0.4, 0.5) is 0 Å². The second-order valence-corrected chi connectivity index (χ2v) is 6.31. The lowest BCUT2D eigenvalue weighted by Gasteiger charge is -2.30. The average molecular weight is 238 g/mol. The molecule has 0 spiro atoms. The second-order valence-electron chi connectivity index (χ2n) is 4.85. The third kappa shape index (κ3) is 2.17. The van der Waals surface area contributed by atoms with Gasteiger partial charge >= 0.3 is 0 Å². The van der Waals surface area contributed by atoms with Crippen molar-refractivity contribution in [1.29, 1.82) is 0 Å². The molecule has 0 amide bonds. The fourth-order valence-corrected chi connectivity index (χ4v) is 3.82. The molecule has 2 nitrogen and oxygen atoms in total. The second kappa shape index (κ2) is 4.86. The molecule has 0 aliphatic carbocycles. The zero-order valence-corrected chi connectivity index (χ0v) is 11.3. The van der Waals surface area contributed by atoms with Crippen LogP contribution in [-0.2, 0) is 0 Å². The van der Waals surface area contributed by atoms with Crippen molar-refractivity contribution in [1.82, 2.24) is 4.90 Å². The van der Waals surface area contributed by atoms with E-state index in [0.29, 0.717) is 12.1 Å². The van der Waals surface area contributed by atoms with Gasteiger partial charge in [-0.1, -0.05) is 0 Å². The summed E-state index contributed by atoms with van der Waals surface area (Å²) in [6.07, 6.45) is 2.64. The molecule has 1 saturated heterocycles. The molecule has 3 heteroatoms. The van der Waals surface area contributed by atoms with Crippen LogP contribution in [0.15, 0.2) is 6.07 Å². The maximum atomic E-state index is 5.99. The van der Waals surface area contributed by atoms with Gasteiger partial charge in [0, 0.05) is 28.4 Å². The number of nitrogens with two attached hydrogens (primary N) is 1. The Kier molecular flexibility index (Phi) is 3.67. The van der Waals surface area contributed by atoms with Crippen molar-refractivity contribution in [3.8, 4) is 0 Å². The summed E-state index contributed by atoms with van der Waals surface area (Å²) in [6, 6.07) is 3.44. The van der Waals surface area contributed by atoms with Crippen molar-refractivity contribution < 1.29 is 0 Å². The summed E-state index contributed by atoms with van der Waals surface area (Å²) in [5, 5.41) is 0. The Hall–Kier alpha value is -0.380. The van der Waals surface area contributed by atoms with Crippen molar-refractivity contribution in [2.75, 3.05) is 13.1 Å². The number of rotatable bonds is 3. The van der Waals surface area contributed by atoms with Crippen LogP contribution < -0.4 is 5.73 Å². The summed E-state index contributed by atoms with van der Waals surface area (Å²) in [6.45, 7) is 8.67. The van der Waals surface area contributed by atoms with Gasteiger partial charge in [0.2, 0.25) is 0 Å². The summed E-state index contributed by atoms with van der Waals surface area (Å²) in [5.74, 6) is 0. The molecular formula is C13H22N2S. The molecule has 1 aromatic heterocycles. The van der Waals surface area contributed by atoms with Gasteiger partial charge in [0.05, 0.1) is 0 Å². The van der Waals surface area contributed by atoms with Gasteiger partial charge in [-0.05, 0) is 51.8 Å². The summed E-state index contributed by atoms with van der Waals surface area (Å²) < 4.78 is 0. The number of thiophene rings is 1. The first kappa shape index (κ1) is 12.1. The third-order valence-electron chi connectivity index (χ3n) is 3.67. The Balaban J connectivity index is 2.25. The van der Waals surface area contributed by atoms with Gasteiger partial charge in [-0.2, -0.15) is 0 Å². The molecular weight excluding hydrogens is 216 g/mol. The Morgan fingerprint density at radius 1 is 1.56 bits per heavy atom. The summed E-state index contributed by atoms with van der Waals surface area (Å²) in [4.78, 5) is 5.42. The van der Waals surface area contributed by atoms with Crippen molar-refractivity contribution in [2.45, 2.75) is 45.7 Å². The molecule has 1 aliphatic rings. The standard InChI is InChI=1S/C13H22N2S/c1-9-5-4-6-15(9)13(8-14)12-7-10(2)16-11(12)3/h7,9,13H,4-6,8,14H2,1-3H3. The van der Waals surface area contributed by atoms with Crippen molar-refractivity contribution >= 4 is 11.3 Å². The highest BCUT2D eigenvalue weighted by molar-refractivity contribution is 7.12. The molecule has 16 heavy (non-hydrogen) atoms. The number of aryl methyl sites for hydroxylation is 2. The molecule has 0 aromatic carbocycles. The predicted molar refractivity (Wildman–Crippen MR) is 71.0 cm³/mol. The maximum absolute atomic E-state index is 5.99. The van der Waals surface area contributed by atoms with Crippen LogP contribution in [0.5, 0.6) is 0 Å². The van der Waals surface area contributed by atoms with Crippen LogP contribution in [0.2, 0.25) is 0 Å². The van der Waals surface area contributed by atoms with Crippen LogP contribution >= 0.6 is 11.3 Å². The van der Waals surface area contributed by atoms with E-state index in [0.717, 1.165) is 6.54 Å². The molecule has 2 heterocycles. The molecule has 1 aliphatic heterocycles. The summed E-state index contributed by atoms with van der Waals surface area (Å²) >= 11 is 1.89. The molecule has 2 rings (SSSR count). The number of nitrogens with zero attached hydrogens (tertiary/aromatic N) is 1. The van der Waals surface area contributed by atoms with Crippen LogP contribution in [-0.4, -0.2) is 24.0 Å². The first-order valence-corrected chi connectivity index (χ1v) is 6.98. The number of likely N-dealkylation sites (tertiary alicyclic amines) is 1. The first-order chi connectivity index (χ1) is 7.63. The fraction of sp³-hybridized carbons (Fsp3) is 0.692. The Labute approximate surface area is 102 Å². The molecule has 1 fully saturated rings. The minimum absolute atomic E-state index is 0.433. The lowest BCUT2D eigenvalue weighted by atomic mass is 10.1. The summed E-state index contributed by atoms with van der Waals surface area (Å²) in [7, 11) is 0. The minimum atomic E-state index is 0.433. The van der Waals surface area contributed by atoms with Gasteiger partial charge in [-0.25, -0.2) is 0 Å². The van der Waals surface area contributed by atoms with Gasteiger partial charge in [-0.3, -0.25) is 4.90 Å². The third-order valence-corrected chi connectivity index (χ3v) is 4.65. The number of hydrogen-bond donors (Lipinski definition) is 1. The van der Waals surface area contributed by atoms with E-state index >= 15 is 0 Å². The van der Waals surface area contributed by atoms with E-state index in [-0.39, 0.29) is 0 Å². The van der Waals surface area contributed by atoms with Gasteiger partial charge < -0.3 is 5.73 Å². The Morgan fingerprint density at radius 3 is 2.75 bits per heavy atom. The highest BCUT2D eigenvalue weighted by atomic mass is 32.1. The normalized spacial score (nSPS) is 23.9. The monoisotopic (exact) mass is 238 g/mol. The summed E-state index contributed by atoms with van der Waals surface area (Å²) in [5.41, 5.74) is 7.45. The lowest BCUT2D eigenvalue weighted by Crippen LogP contribution is -2.36. The van der Waals surface area contributed by atoms with E-state index in [9.17, 15) is 0 Å². The highest BCUT2D eigenvalue weighted by Crippen LogP contribution is 2.33. The molecule has 0 radical (unpaired) electrons. The molecule has 2 N–H and O–H groups in total. The van der Waals surface area contributed by atoms with Crippen LogP contribution in [0.25, 0.3) is 0 Å². The number of hydrogen-bond acceptors (Lipinski definition) is 3.